The Bertz CT molecular complexity index is 667. The van der Waals surface area contributed by atoms with Crippen molar-refractivity contribution in [1.82, 2.24) is 4.98 Å². The van der Waals surface area contributed by atoms with Crippen LogP contribution < -0.4 is 16.0 Å². The van der Waals surface area contributed by atoms with Gasteiger partial charge in [0.1, 0.15) is 6.26 Å². The number of unbranched alkanes of at least 4 members (excludes halogenated alkanes) is 1. The molecule has 0 spiro atoms. The molecule has 0 saturated carbocycles. The molecule has 0 aliphatic carbocycles. The molecule has 0 bridgehead atoms. The molecule has 1 aromatic carbocycles. The Morgan fingerprint density at radius 2 is 2.36 bits per heavy atom. The maximum absolute atomic E-state index is 11.6. The van der Waals surface area contributed by atoms with Crippen LogP contribution in [0.1, 0.15) is 30.1 Å². The Morgan fingerprint density at radius 3 is 3.05 bits per heavy atom. The summed E-state index contributed by atoms with van der Waals surface area (Å²) in [5.74, 6) is 0.0487. The SMILES string of the molecule is CCCCN1CCNc2cc(C(N)=O)cc(-c3ncco3)c21. The highest BCUT2D eigenvalue weighted by Gasteiger charge is 2.24. The molecule has 3 rings (SSSR count). The Balaban J connectivity index is 2.13. The minimum absolute atomic E-state index is 0.455. The maximum Gasteiger partial charge on any atom is 0.248 e. The van der Waals surface area contributed by atoms with Gasteiger partial charge in [0.25, 0.3) is 0 Å². The number of rotatable bonds is 5. The third-order valence-corrected chi connectivity index (χ3v) is 3.85. The fourth-order valence-electron chi connectivity index (χ4n) is 2.78. The fourth-order valence-corrected chi connectivity index (χ4v) is 2.78. The highest BCUT2D eigenvalue weighted by Crippen LogP contribution is 2.39. The molecule has 3 N–H and O–H groups in total. The fraction of sp³-hybridized carbons (Fsp3) is 0.375. The summed E-state index contributed by atoms with van der Waals surface area (Å²) in [4.78, 5) is 18.1. The Hall–Kier alpha value is -2.50. The zero-order valence-corrected chi connectivity index (χ0v) is 12.6. The van der Waals surface area contributed by atoms with Crippen molar-refractivity contribution in [3.8, 4) is 11.5 Å². The summed E-state index contributed by atoms with van der Waals surface area (Å²) in [6.07, 6.45) is 5.38. The lowest BCUT2D eigenvalue weighted by molar-refractivity contribution is 0.100. The topological polar surface area (TPSA) is 84.4 Å². The van der Waals surface area contributed by atoms with Gasteiger partial charge >= 0.3 is 0 Å². The van der Waals surface area contributed by atoms with Crippen LogP contribution in [0.2, 0.25) is 0 Å². The van der Waals surface area contributed by atoms with E-state index in [9.17, 15) is 4.79 Å². The number of nitrogens with one attached hydrogen (secondary N) is 1. The first-order valence-corrected chi connectivity index (χ1v) is 7.57. The molecule has 2 heterocycles. The van der Waals surface area contributed by atoms with E-state index in [1.54, 1.807) is 12.3 Å². The first-order chi connectivity index (χ1) is 10.7. The van der Waals surface area contributed by atoms with Crippen molar-refractivity contribution in [2.45, 2.75) is 19.8 Å². The number of nitrogens with two attached hydrogens (primary N) is 1. The Kier molecular flexibility index (Phi) is 4.00. The van der Waals surface area contributed by atoms with E-state index in [1.165, 1.54) is 6.26 Å². The highest BCUT2D eigenvalue weighted by atomic mass is 16.3. The lowest BCUT2D eigenvalue weighted by Crippen LogP contribution is -2.35. The average molecular weight is 300 g/mol. The summed E-state index contributed by atoms with van der Waals surface area (Å²) in [5, 5.41) is 3.35. The molecule has 2 aromatic rings. The van der Waals surface area contributed by atoms with Crippen LogP contribution in [0, 0.1) is 0 Å². The van der Waals surface area contributed by atoms with E-state index in [-0.39, 0.29) is 0 Å². The number of hydrogen-bond donors (Lipinski definition) is 2. The van der Waals surface area contributed by atoms with E-state index in [4.69, 9.17) is 10.2 Å². The van der Waals surface area contributed by atoms with Gasteiger partial charge in [0, 0.05) is 25.2 Å². The molecule has 116 valence electrons. The van der Waals surface area contributed by atoms with Crippen molar-refractivity contribution < 1.29 is 9.21 Å². The molecule has 22 heavy (non-hydrogen) atoms. The van der Waals surface area contributed by atoms with Crippen molar-refractivity contribution in [2.24, 2.45) is 5.73 Å². The van der Waals surface area contributed by atoms with Gasteiger partial charge < -0.3 is 20.4 Å². The lowest BCUT2D eigenvalue weighted by atomic mass is 10.0. The van der Waals surface area contributed by atoms with Gasteiger partial charge in [-0.2, -0.15) is 0 Å². The zero-order chi connectivity index (χ0) is 15.5. The second kappa shape index (κ2) is 6.09. The molecular weight excluding hydrogens is 280 g/mol. The van der Waals surface area contributed by atoms with Crippen molar-refractivity contribution in [1.29, 1.82) is 0 Å². The predicted octanol–water partition coefficient (Wildman–Crippen LogP) is 2.47. The summed E-state index contributed by atoms with van der Waals surface area (Å²) >= 11 is 0. The number of nitrogens with zero attached hydrogens (tertiary/aromatic N) is 2. The number of fused-ring (bicyclic) bond motifs is 1. The van der Waals surface area contributed by atoms with Gasteiger partial charge in [0.15, 0.2) is 0 Å². The number of carbonyl (C=O) groups excluding carboxylic acids is 1. The second-order valence-electron chi connectivity index (χ2n) is 5.39. The van der Waals surface area contributed by atoms with Gasteiger partial charge in [0.2, 0.25) is 11.8 Å². The quantitative estimate of drug-likeness (QED) is 0.886. The van der Waals surface area contributed by atoms with Gasteiger partial charge in [-0.15, -0.1) is 0 Å². The molecule has 0 unspecified atom stereocenters. The molecule has 1 amide bonds. The van der Waals surface area contributed by atoms with Crippen LogP contribution in [0.15, 0.2) is 29.0 Å². The Labute approximate surface area is 129 Å². The zero-order valence-electron chi connectivity index (χ0n) is 12.6. The Morgan fingerprint density at radius 1 is 1.50 bits per heavy atom. The van der Waals surface area contributed by atoms with Gasteiger partial charge in [0.05, 0.1) is 23.1 Å². The van der Waals surface area contributed by atoms with Crippen LogP contribution in [0.4, 0.5) is 11.4 Å². The number of amides is 1. The van der Waals surface area contributed by atoms with Crippen LogP contribution in [-0.2, 0) is 0 Å². The molecule has 0 radical (unpaired) electrons. The molecule has 6 nitrogen and oxygen atoms in total. The molecule has 1 aliphatic heterocycles. The molecule has 1 aliphatic rings. The first-order valence-electron chi connectivity index (χ1n) is 7.57. The number of primary amides is 1. The molecule has 6 heteroatoms. The van der Waals surface area contributed by atoms with E-state index < -0.39 is 5.91 Å². The molecule has 0 fully saturated rings. The lowest BCUT2D eigenvalue weighted by Gasteiger charge is -2.33. The number of anilines is 2. The van der Waals surface area contributed by atoms with Crippen molar-refractivity contribution in [3.63, 3.8) is 0 Å². The van der Waals surface area contributed by atoms with Crippen LogP contribution in [-0.4, -0.2) is 30.5 Å². The summed E-state index contributed by atoms with van der Waals surface area (Å²) in [6, 6.07) is 3.57. The largest absolute Gasteiger partial charge is 0.444 e. The standard InChI is InChI=1S/C16H20N4O2/c1-2-3-6-20-7-4-18-13-10-11(15(17)21)9-12(14(13)20)16-19-5-8-22-16/h5,8-10,18H,2-4,6-7H2,1H3,(H2,17,21). The van der Waals surface area contributed by atoms with Gasteiger partial charge in [-0.25, -0.2) is 4.98 Å². The molecule has 0 saturated heterocycles. The number of carbonyl (C=O) groups is 1. The van der Waals surface area contributed by atoms with E-state index in [1.807, 2.05) is 6.07 Å². The van der Waals surface area contributed by atoms with Crippen LogP contribution in [0.3, 0.4) is 0 Å². The number of oxazole rings is 1. The molecular formula is C16H20N4O2. The highest BCUT2D eigenvalue weighted by molar-refractivity contribution is 5.99. The summed E-state index contributed by atoms with van der Waals surface area (Å²) in [5.41, 5.74) is 8.66. The van der Waals surface area contributed by atoms with E-state index >= 15 is 0 Å². The second-order valence-corrected chi connectivity index (χ2v) is 5.39. The van der Waals surface area contributed by atoms with Crippen LogP contribution in [0.25, 0.3) is 11.5 Å². The minimum atomic E-state index is -0.455. The van der Waals surface area contributed by atoms with Gasteiger partial charge in [-0.05, 0) is 18.6 Å². The monoisotopic (exact) mass is 300 g/mol. The summed E-state index contributed by atoms with van der Waals surface area (Å²) in [6.45, 7) is 4.89. The summed E-state index contributed by atoms with van der Waals surface area (Å²) < 4.78 is 5.46. The number of benzene rings is 1. The summed E-state index contributed by atoms with van der Waals surface area (Å²) in [7, 11) is 0. The number of hydrogen-bond acceptors (Lipinski definition) is 5. The van der Waals surface area contributed by atoms with Crippen molar-refractivity contribution >= 4 is 17.3 Å². The maximum atomic E-state index is 11.6. The van der Waals surface area contributed by atoms with Crippen molar-refractivity contribution in [2.75, 3.05) is 29.9 Å². The smallest absolute Gasteiger partial charge is 0.248 e. The first kappa shape index (κ1) is 14.4. The molecule has 0 atom stereocenters. The predicted molar refractivity (Wildman–Crippen MR) is 86.1 cm³/mol. The normalized spacial score (nSPS) is 13.6. The van der Waals surface area contributed by atoms with E-state index in [0.717, 1.165) is 49.4 Å². The van der Waals surface area contributed by atoms with Crippen LogP contribution in [0.5, 0.6) is 0 Å². The minimum Gasteiger partial charge on any atom is -0.444 e. The van der Waals surface area contributed by atoms with Gasteiger partial charge in [-0.3, -0.25) is 4.79 Å². The molecule has 1 aromatic heterocycles. The van der Waals surface area contributed by atoms with Crippen LogP contribution >= 0.6 is 0 Å². The third-order valence-electron chi connectivity index (χ3n) is 3.85. The van der Waals surface area contributed by atoms with Crippen molar-refractivity contribution in [3.05, 3.63) is 30.2 Å². The van der Waals surface area contributed by atoms with E-state index in [0.29, 0.717) is 11.5 Å². The number of aromatic nitrogens is 1. The van der Waals surface area contributed by atoms with Gasteiger partial charge in [-0.1, -0.05) is 13.3 Å². The van der Waals surface area contributed by atoms with E-state index in [2.05, 4.69) is 22.1 Å². The third kappa shape index (κ3) is 2.64. The average Bonchev–Trinajstić information content (AvgIpc) is 3.05.